The molecule has 8 nitrogen and oxygen atoms in total. The van der Waals surface area contributed by atoms with Gasteiger partial charge in [0.1, 0.15) is 5.75 Å². The Labute approximate surface area is 224 Å². The number of nitrogens with zero attached hydrogens (tertiary/aromatic N) is 1. The highest BCUT2D eigenvalue weighted by atomic mass is 19.4. The van der Waals surface area contributed by atoms with Gasteiger partial charge in [0.05, 0.1) is 30.7 Å². The van der Waals surface area contributed by atoms with Crippen LogP contribution in [0.1, 0.15) is 84.2 Å². The standard InChI is InChI=1S/C28H32F3N5O3/c1-3-27(4-2)14-23(37)36(26(33)35-27)21-9-10-39-22-8-5-15(12-19(21)22)25(38)34-24-18-7-6-17(28(29,30)31)11-16(18)13-20(24)32/h5-8,11-12,20-21,24H,3-4,9-10,13-14,32H2,1-2H3,(H2,33,35)(H,34,38)/t20?,21-,24?/m1/s1. The van der Waals surface area contributed by atoms with E-state index in [1.54, 1.807) is 18.2 Å². The van der Waals surface area contributed by atoms with Gasteiger partial charge < -0.3 is 21.1 Å². The molecule has 3 aliphatic rings. The smallest absolute Gasteiger partial charge is 0.416 e. The first-order valence-corrected chi connectivity index (χ1v) is 13.2. The van der Waals surface area contributed by atoms with Gasteiger partial charge in [-0.1, -0.05) is 19.9 Å². The molecule has 2 aromatic carbocycles. The molecule has 5 N–H and O–H groups in total. The number of hydrogen-bond acceptors (Lipinski definition) is 5. The predicted octanol–water partition coefficient (Wildman–Crippen LogP) is 4.20. The molecule has 2 aliphatic heterocycles. The molecule has 0 aromatic heterocycles. The highest BCUT2D eigenvalue weighted by Gasteiger charge is 2.43. The van der Waals surface area contributed by atoms with Gasteiger partial charge in [-0.3, -0.25) is 19.9 Å². The second-order valence-electron chi connectivity index (χ2n) is 10.5. The fourth-order valence-corrected chi connectivity index (χ4v) is 5.92. The number of rotatable bonds is 5. The van der Waals surface area contributed by atoms with Crippen molar-refractivity contribution in [2.45, 2.75) is 75.8 Å². The van der Waals surface area contributed by atoms with Crippen molar-refractivity contribution in [2.24, 2.45) is 5.73 Å². The second kappa shape index (κ2) is 9.86. The summed E-state index contributed by atoms with van der Waals surface area (Å²) < 4.78 is 45.3. The van der Waals surface area contributed by atoms with E-state index in [4.69, 9.17) is 15.9 Å². The van der Waals surface area contributed by atoms with Crippen LogP contribution >= 0.6 is 0 Å². The zero-order valence-electron chi connectivity index (χ0n) is 21.8. The number of nitrogens with one attached hydrogen (secondary N) is 3. The third-order valence-electron chi connectivity index (χ3n) is 8.30. The van der Waals surface area contributed by atoms with Crippen molar-refractivity contribution >= 4 is 17.8 Å². The van der Waals surface area contributed by atoms with Gasteiger partial charge in [0.2, 0.25) is 5.91 Å². The van der Waals surface area contributed by atoms with E-state index in [-0.39, 0.29) is 24.7 Å². The molecule has 5 rings (SSSR count). The number of guanidine groups is 1. The van der Waals surface area contributed by atoms with E-state index in [0.29, 0.717) is 53.9 Å². The van der Waals surface area contributed by atoms with Gasteiger partial charge in [0.25, 0.3) is 5.91 Å². The molecule has 0 spiro atoms. The van der Waals surface area contributed by atoms with Crippen molar-refractivity contribution in [3.63, 3.8) is 0 Å². The van der Waals surface area contributed by atoms with Gasteiger partial charge in [0.15, 0.2) is 5.96 Å². The Kier molecular flexibility index (Phi) is 6.82. The summed E-state index contributed by atoms with van der Waals surface area (Å²) in [6, 6.07) is 6.70. The van der Waals surface area contributed by atoms with Crippen LogP contribution in [0, 0.1) is 5.41 Å². The fourth-order valence-electron chi connectivity index (χ4n) is 5.92. The highest BCUT2D eigenvalue weighted by molar-refractivity contribution is 6.00. The summed E-state index contributed by atoms with van der Waals surface area (Å²) in [5, 5.41) is 14.8. The van der Waals surface area contributed by atoms with Crippen LogP contribution < -0.4 is 21.1 Å². The van der Waals surface area contributed by atoms with Crippen LogP contribution in [0.15, 0.2) is 36.4 Å². The first kappa shape index (κ1) is 27.0. The maximum absolute atomic E-state index is 13.3. The number of carbonyl (C=O) groups is 2. The van der Waals surface area contributed by atoms with E-state index < -0.39 is 41.3 Å². The fraction of sp³-hybridized carbons (Fsp3) is 0.464. The van der Waals surface area contributed by atoms with Crippen LogP contribution in [0.25, 0.3) is 0 Å². The lowest BCUT2D eigenvalue weighted by atomic mass is 9.85. The van der Waals surface area contributed by atoms with Crippen molar-refractivity contribution in [1.82, 2.24) is 15.5 Å². The largest absolute Gasteiger partial charge is 0.493 e. The third-order valence-corrected chi connectivity index (χ3v) is 8.30. The van der Waals surface area contributed by atoms with Crippen molar-refractivity contribution in [1.29, 1.82) is 5.41 Å². The summed E-state index contributed by atoms with van der Waals surface area (Å²) in [7, 11) is 0. The van der Waals surface area contributed by atoms with Crippen LogP contribution in [0.2, 0.25) is 0 Å². The van der Waals surface area contributed by atoms with Gasteiger partial charge in [-0.2, -0.15) is 13.2 Å². The average molecular weight is 544 g/mol. The molecule has 0 radical (unpaired) electrons. The maximum Gasteiger partial charge on any atom is 0.416 e. The Balaban J connectivity index is 1.39. The average Bonchev–Trinajstić information content (AvgIpc) is 3.21. The Morgan fingerprint density at radius 3 is 2.62 bits per heavy atom. The maximum atomic E-state index is 13.3. The molecule has 2 amide bonds. The van der Waals surface area contributed by atoms with E-state index in [1.807, 2.05) is 13.8 Å². The number of nitrogens with two attached hydrogens (primary N) is 1. The molecular formula is C28H32F3N5O3. The molecule has 11 heteroatoms. The van der Waals surface area contributed by atoms with E-state index in [1.165, 1.54) is 11.0 Å². The molecule has 3 atom stereocenters. The Hall–Kier alpha value is -3.60. The van der Waals surface area contributed by atoms with E-state index in [2.05, 4.69) is 10.6 Å². The van der Waals surface area contributed by atoms with Gasteiger partial charge >= 0.3 is 6.18 Å². The van der Waals surface area contributed by atoms with Crippen LogP contribution in [0.4, 0.5) is 13.2 Å². The lowest BCUT2D eigenvalue weighted by Gasteiger charge is -2.45. The molecule has 1 saturated heterocycles. The lowest BCUT2D eigenvalue weighted by Crippen LogP contribution is -2.62. The summed E-state index contributed by atoms with van der Waals surface area (Å²) in [6.07, 6.45) is -2.09. The van der Waals surface area contributed by atoms with Crippen molar-refractivity contribution in [2.75, 3.05) is 6.61 Å². The molecule has 2 aromatic rings. The van der Waals surface area contributed by atoms with Gasteiger partial charge in [0, 0.05) is 29.1 Å². The predicted molar refractivity (Wildman–Crippen MR) is 138 cm³/mol. The first-order valence-electron chi connectivity index (χ1n) is 13.2. The number of benzene rings is 2. The summed E-state index contributed by atoms with van der Waals surface area (Å²) in [5.41, 5.74) is 7.00. The van der Waals surface area contributed by atoms with Crippen LogP contribution in [-0.4, -0.2) is 40.9 Å². The number of carbonyl (C=O) groups excluding carboxylic acids is 2. The van der Waals surface area contributed by atoms with Gasteiger partial charge in [-0.25, -0.2) is 0 Å². The quantitative estimate of drug-likeness (QED) is 0.451. The third kappa shape index (κ3) is 4.84. The number of hydrogen-bond donors (Lipinski definition) is 4. The molecule has 39 heavy (non-hydrogen) atoms. The topological polar surface area (TPSA) is 121 Å². The molecule has 2 heterocycles. The normalized spacial score (nSPS) is 23.9. The summed E-state index contributed by atoms with van der Waals surface area (Å²) >= 11 is 0. The minimum Gasteiger partial charge on any atom is -0.493 e. The van der Waals surface area contributed by atoms with E-state index >= 15 is 0 Å². The van der Waals surface area contributed by atoms with Gasteiger partial charge in [-0.05, 0) is 60.7 Å². The number of alkyl halides is 3. The highest BCUT2D eigenvalue weighted by Crippen LogP contribution is 2.40. The second-order valence-corrected chi connectivity index (χ2v) is 10.5. The van der Waals surface area contributed by atoms with Gasteiger partial charge in [-0.15, -0.1) is 0 Å². The van der Waals surface area contributed by atoms with E-state index in [0.717, 1.165) is 12.1 Å². The molecule has 0 bridgehead atoms. The van der Waals surface area contributed by atoms with Crippen molar-refractivity contribution < 1.29 is 27.5 Å². The summed E-state index contributed by atoms with van der Waals surface area (Å²) in [4.78, 5) is 28.0. The monoisotopic (exact) mass is 543 g/mol. The molecule has 1 aliphatic carbocycles. The van der Waals surface area contributed by atoms with Crippen molar-refractivity contribution in [3.05, 3.63) is 64.2 Å². The van der Waals surface area contributed by atoms with Crippen molar-refractivity contribution in [3.8, 4) is 5.75 Å². The Bertz CT molecular complexity index is 1300. The number of amides is 2. The summed E-state index contributed by atoms with van der Waals surface area (Å²) in [5.74, 6) is -0.0189. The van der Waals surface area contributed by atoms with E-state index in [9.17, 15) is 22.8 Å². The lowest BCUT2D eigenvalue weighted by molar-refractivity contribution is -0.137. The molecule has 1 fully saturated rings. The molecular weight excluding hydrogens is 511 g/mol. The Morgan fingerprint density at radius 1 is 1.21 bits per heavy atom. The molecule has 208 valence electrons. The molecule has 0 saturated carbocycles. The van der Waals surface area contributed by atoms with Crippen LogP contribution in [0.5, 0.6) is 5.75 Å². The number of halogens is 3. The van der Waals surface area contributed by atoms with Crippen LogP contribution in [0.3, 0.4) is 0 Å². The first-order chi connectivity index (χ1) is 18.5. The number of ether oxygens (including phenoxy) is 1. The zero-order chi connectivity index (χ0) is 28.1. The zero-order valence-corrected chi connectivity index (χ0v) is 21.8. The van der Waals surface area contributed by atoms with Crippen LogP contribution in [-0.2, 0) is 17.4 Å². The number of fused-ring (bicyclic) bond motifs is 2. The SMILES string of the molecule is CCC1(CC)CC(=O)N([C@@H]2CCOc3ccc(C(=O)NC4c5ccc(C(F)(F)F)cc5CC4N)cc32)C(=N)N1. The minimum atomic E-state index is -4.46. The molecule has 2 unspecified atom stereocenters. The minimum absolute atomic E-state index is 0.0365. The Morgan fingerprint density at radius 2 is 1.95 bits per heavy atom. The summed E-state index contributed by atoms with van der Waals surface area (Å²) in [6.45, 7) is 4.34.